The molecule has 2 heterocycles. The second kappa shape index (κ2) is 9.71. The Bertz CT molecular complexity index is 617. The molecule has 2 fully saturated rings. The molecule has 2 saturated heterocycles. The second-order valence-corrected chi connectivity index (χ2v) is 7.53. The van der Waals surface area contributed by atoms with Gasteiger partial charge in [-0.15, -0.1) is 0 Å². The summed E-state index contributed by atoms with van der Waals surface area (Å²) in [5.41, 5.74) is 1.35. The van der Waals surface area contributed by atoms with Crippen molar-refractivity contribution in [3.8, 4) is 0 Å². The minimum absolute atomic E-state index is 0.126. The Morgan fingerprint density at radius 1 is 1.15 bits per heavy atom. The summed E-state index contributed by atoms with van der Waals surface area (Å²) in [6.07, 6.45) is 0.799. The zero-order chi connectivity index (χ0) is 19.1. The number of nitrogens with zero attached hydrogens (tertiary/aromatic N) is 1. The van der Waals surface area contributed by atoms with E-state index < -0.39 is 0 Å². The van der Waals surface area contributed by atoms with Gasteiger partial charge in [-0.3, -0.25) is 9.69 Å². The number of benzene rings is 1. The Labute approximate surface area is 161 Å². The van der Waals surface area contributed by atoms with Crippen LogP contribution in [-0.2, 0) is 16.1 Å². The molecule has 1 aromatic carbocycles. The fraction of sp³-hybridized carbons (Fsp3) is 0.600. The lowest BCUT2D eigenvalue weighted by Crippen LogP contribution is -3.16. The molecule has 0 saturated carbocycles. The number of carbonyl (C=O) groups is 2. The molecule has 7 heteroatoms. The van der Waals surface area contributed by atoms with Crippen LogP contribution >= 0.6 is 0 Å². The van der Waals surface area contributed by atoms with Gasteiger partial charge in [0.2, 0.25) is 0 Å². The van der Waals surface area contributed by atoms with Crippen LogP contribution in [0.5, 0.6) is 0 Å². The number of hydrogen-bond acceptors (Lipinski definition) is 3. The average molecular weight is 377 g/mol. The van der Waals surface area contributed by atoms with Gasteiger partial charge in [0.05, 0.1) is 51.9 Å². The standard InChI is InChI=1S/C20H30N4O3/c1-2-27-20(26)24-12-10-22(11-13-24)16-19(25)21-18-8-9-23(15-18)14-17-6-4-3-5-7-17/h3-7,18H,2,8-16H2,1H3,(H,21,25)/p+2/t18-/m1/s1. The molecule has 3 rings (SSSR count). The third-order valence-electron chi connectivity index (χ3n) is 5.45. The van der Waals surface area contributed by atoms with Crippen molar-refractivity contribution in [3.05, 3.63) is 35.9 Å². The lowest BCUT2D eigenvalue weighted by Gasteiger charge is -2.31. The lowest BCUT2D eigenvalue weighted by atomic mass is 10.2. The van der Waals surface area contributed by atoms with Gasteiger partial charge in [-0.25, -0.2) is 4.79 Å². The number of likely N-dealkylation sites (tertiary alicyclic amines) is 1. The monoisotopic (exact) mass is 376 g/mol. The summed E-state index contributed by atoms with van der Waals surface area (Å²) < 4.78 is 5.04. The highest BCUT2D eigenvalue weighted by atomic mass is 16.6. The first kappa shape index (κ1) is 19.6. The number of hydrogen-bond donors (Lipinski definition) is 3. The molecule has 2 aliphatic rings. The van der Waals surface area contributed by atoms with Gasteiger partial charge in [-0.1, -0.05) is 30.3 Å². The molecule has 2 atom stereocenters. The van der Waals surface area contributed by atoms with Crippen LogP contribution in [0.15, 0.2) is 30.3 Å². The molecule has 2 aliphatic heterocycles. The van der Waals surface area contributed by atoms with E-state index in [1.165, 1.54) is 15.4 Å². The molecule has 27 heavy (non-hydrogen) atoms. The SMILES string of the molecule is CCOC(=O)N1CC[NH+](CC(=O)N[C@@H]2CC[NH+](Cc3ccccc3)C2)CC1. The van der Waals surface area contributed by atoms with Gasteiger partial charge < -0.3 is 19.9 Å². The van der Waals surface area contributed by atoms with Crippen LogP contribution in [0.25, 0.3) is 0 Å². The average Bonchev–Trinajstić information content (AvgIpc) is 3.10. The molecule has 0 aliphatic carbocycles. The molecule has 2 amide bonds. The van der Waals surface area contributed by atoms with E-state index in [4.69, 9.17) is 4.74 Å². The molecule has 0 spiro atoms. The van der Waals surface area contributed by atoms with Crippen LogP contribution in [0, 0.1) is 0 Å². The van der Waals surface area contributed by atoms with E-state index in [-0.39, 0.29) is 18.0 Å². The van der Waals surface area contributed by atoms with Crippen molar-refractivity contribution in [2.45, 2.75) is 25.9 Å². The van der Waals surface area contributed by atoms with Crippen LogP contribution in [0.2, 0.25) is 0 Å². The topological polar surface area (TPSA) is 67.5 Å². The van der Waals surface area contributed by atoms with Crippen LogP contribution in [0.3, 0.4) is 0 Å². The maximum atomic E-state index is 12.4. The summed E-state index contributed by atoms with van der Waals surface area (Å²) in [7, 11) is 0. The van der Waals surface area contributed by atoms with Crippen molar-refractivity contribution >= 4 is 12.0 Å². The molecular weight excluding hydrogens is 344 g/mol. The number of ether oxygens (including phenoxy) is 1. The van der Waals surface area contributed by atoms with Gasteiger partial charge in [-0.2, -0.15) is 0 Å². The van der Waals surface area contributed by atoms with E-state index in [9.17, 15) is 9.59 Å². The molecule has 0 radical (unpaired) electrons. The summed E-state index contributed by atoms with van der Waals surface area (Å²) in [5.74, 6) is 0.126. The van der Waals surface area contributed by atoms with Gasteiger partial charge in [0.1, 0.15) is 6.54 Å². The minimum atomic E-state index is -0.242. The normalized spacial score (nSPS) is 23.2. The predicted octanol–water partition coefficient (Wildman–Crippen LogP) is -1.68. The molecular formula is C20H32N4O3+2. The van der Waals surface area contributed by atoms with E-state index >= 15 is 0 Å². The number of amides is 2. The summed E-state index contributed by atoms with van der Waals surface area (Å²) in [6, 6.07) is 10.8. The summed E-state index contributed by atoms with van der Waals surface area (Å²) in [5, 5.41) is 3.21. The Morgan fingerprint density at radius 2 is 1.89 bits per heavy atom. The Kier molecular flexibility index (Phi) is 7.06. The molecule has 7 nitrogen and oxygen atoms in total. The summed E-state index contributed by atoms with van der Waals surface area (Å²) >= 11 is 0. The van der Waals surface area contributed by atoms with Crippen molar-refractivity contribution < 1.29 is 24.1 Å². The maximum absolute atomic E-state index is 12.4. The maximum Gasteiger partial charge on any atom is 0.410 e. The molecule has 148 valence electrons. The number of carbonyl (C=O) groups excluding carboxylic acids is 2. The number of nitrogens with one attached hydrogen (secondary N) is 3. The van der Waals surface area contributed by atoms with Crippen LogP contribution in [-0.4, -0.2) is 75.4 Å². The number of rotatable bonds is 6. The Balaban J connectivity index is 1.35. The highest BCUT2D eigenvalue weighted by molar-refractivity contribution is 5.77. The van der Waals surface area contributed by atoms with Crippen LogP contribution < -0.4 is 15.1 Å². The van der Waals surface area contributed by atoms with E-state index in [1.54, 1.807) is 4.90 Å². The first-order valence-electron chi connectivity index (χ1n) is 10.1. The smallest absolute Gasteiger partial charge is 0.410 e. The lowest BCUT2D eigenvalue weighted by molar-refractivity contribution is -0.902. The molecule has 1 unspecified atom stereocenters. The zero-order valence-corrected chi connectivity index (χ0v) is 16.2. The van der Waals surface area contributed by atoms with Crippen molar-refractivity contribution in [1.29, 1.82) is 0 Å². The minimum Gasteiger partial charge on any atom is -0.450 e. The first-order valence-corrected chi connectivity index (χ1v) is 10.1. The van der Waals surface area contributed by atoms with E-state index in [0.29, 0.717) is 26.2 Å². The van der Waals surface area contributed by atoms with Gasteiger partial charge in [0.25, 0.3) is 5.91 Å². The van der Waals surface area contributed by atoms with Crippen molar-refractivity contribution in [3.63, 3.8) is 0 Å². The first-order chi connectivity index (χ1) is 13.1. The predicted molar refractivity (Wildman–Crippen MR) is 102 cm³/mol. The highest BCUT2D eigenvalue weighted by Crippen LogP contribution is 1.99. The number of piperazine rings is 1. The van der Waals surface area contributed by atoms with Gasteiger partial charge in [0, 0.05) is 12.0 Å². The van der Waals surface area contributed by atoms with E-state index in [1.807, 2.05) is 13.0 Å². The third-order valence-corrected chi connectivity index (χ3v) is 5.45. The Hall–Kier alpha value is -2.12. The highest BCUT2D eigenvalue weighted by Gasteiger charge is 2.30. The fourth-order valence-corrected chi connectivity index (χ4v) is 4.00. The van der Waals surface area contributed by atoms with Gasteiger partial charge in [-0.05, 0) is 6.92 Å². The largest absolute Gasteiger partial charge is 0.450 e. The molecule has 3 N–H and O–H groups in total. The summed E-state index contributed by atoms with van der Waals surface area (Å²) in [6.45, 7) is 8.71. The molecule has 0 aromatic heterocycles. The zero-order valence-electron chi connectivity index (χ0n) is 16.2. The quantitative estimate of drug-likeness (QED) is 0.556. The fourth-order valence-electron chi connectivity index (χ4n) is 4.00. The van der Waals surface area contributed by atoms with Crippen molar-refractivity contribution in [2.24, 2.45) is 0 Å². The van der Waals surface area contributed by atoms with Gasteiger partial charge >= 0.3 is 6.09 Å². The number of quaternary nitrogens is 2. The molecule has 1 aromatic rings. The summed E-state index contributed by atoms with van der Waals surface area (Å²) in [4.78, 5) is 28.6. The third kappa shape index (κ3) is 5.94. The van der Waals surface area contributed by atoms with Crippen molar-refractivity contribution in [2.75, 3.05) is 52.4 Å². The van der Waals surface area contributed by atoms with Crippen LogP contribution in [0.1, 0.15) is 18.9 Å². The Morgan fingerprint density at radius 3 is 2.59 bits per heavy atom. The van der Waals surface area contributed by atoms with E-state index in [0.717, 1.165) is 39.1 Å². The van der Waals surface area contributed by atoms with E-state index in [2.05, 4.69) is 29.6 Å². The second-order valence-electron chi connectivity index (χ2n) is 7.53. The molecule has 0 bridgehead atoms. The van der Waals surface area contributed by atoms with Crippen LogP contribution in [0.4, 0.5) is 4.79 Å². The van der Waals surface area contributed by atoms with Crippen molar-refractivity contribution in [1.82, 2.24) is 10.2 Å². The van der Waals surface area contributed by atoms with Gasteiger partial charge in [0.15, 0.2) is 6.54 Å².